The molecule has 1 heterocycles. The molecular formula is C21H20O4. The molecule has 128 valence electrons. The first kappa shape index (κ1) is 16.8. The lowest BCUT2D eigenvalue weighted by Gasteiger charge is -2.10. The van der Waals surface area contributed by atoms with Gasteiger partial charge in [0.2, 0.25) is 5.43 Å². The van der Waals surface area contributed by atoms with E-state index in [4.69, 9.17) is 13.9 Å². The van der Waals surface area contributed by atoms with Crippen molar-refractivity contribution in [3.8, 4) is 22.6 Å². The van der Waals surface area contributed by atoms with Crippen LogP contribution in [0.3, 0.4) is 0 Å². The van der Waals surface area contributed by atoms with Crippen molar-refractivity contribution in [2.75, 3.05) is 13.7 Å². The zero-order valence-corrected chi connectivity index (χ0v) is 14.6. The molecule has 0 bridgehead atoms. The van der Waals surface area contributed by atoms with Gasteiger partial charge in [-0.2, -0.15) is 0 Å². The third-order valence-corrected chi connectivity index (χ3v) is 3.90. The number of fused-ring (bicyclic) bond motifs is 1. The van der Waals surface area contributed by atoms with Crippen LogP contribution < -0.4 is 14.9 Å². The lowest BCUT2D eigenvalue weighted by atomic mass is 10.0. The number of rotatable bonds is 5. The molecule has 1 aromatic heterocycles. The average Bonchev–Trinajstić information content (AvgIpc) is 2.60. The Morgan fingerprint density at radius 1 is 1.12 bits per heavy atom. The predicted octanol–water partition coefficient (Wildman–Crippen LogP) is 4.73. The fourth-order valence-electron chi connectivity index (χ4n) is 2.67. The van der Waals surface area contributed by atoms with Gasteiger partial charge in [0.15, 0.2) is 0 Å². The smallest absolute Gasteiger partial charge is 0.200 e. The van der Waals surface area contributed by atoms with Gasteiger partial charge in [-0.05, 0) is 49.2 Å². The van der Waals surface area contributed by atoms with Crippen LogP contribution in [-0.4, -0.2) is 13.7 Å². The monoisotopic (exact) mass is 336 g/mol. The fraction of sp³-hybridized carbons (Fsp3) is 0.190. The van der Waals surface area contributed by atoms with Gasteiger partial charge in [-0.1, -0.05) is 18.7 Å². The summed E-state index contributed by atoms with van der Waals surface area (Å²) in [5, 5.41) is 0.527. The van der Waals surface area contributed by atoms with Crippen LogP contribution in [0.1, 0.15) is 12.7 Å². The molecule has 0 unspecified atom stereocenters. The van der Waals surface area contributed by atoms with E-state index in [1.807, 2.05) is 31.2 Å². The van der Waals surface area contributed by atoms with Crippen LogP contribution in [0.25, 0.3) is 22.1 Å². The second-order valence-corrected chi connectivity index (χ2v) is 5.99. The number of hydrogen-bond acceptors (Lipinski definition) is 4. The minimum Gasteiger partial charge on any atom is -0.497 e. The van der Waals surface area contributed by atoms with Gasteiger partial charge in [-0.3, -0.25) is 4.79 Å². The molecule has 25 heavy (non-hydrogen) atoms. The lowest BCUT2D eigenvalue weighted by Crippen LogP contribution is -2.07. The summed E-state index contributed by atoms with van der Waals surface area (Å²) in [4.78, 5) is 12.9. The lowest BCUT2D eigenvalue weighted by molar-refractivity contribution is 0.352. The average molecular weight is 336 g/mol. The predicted molar refractivity (Wildman–Crippen MR) is 99.5 cm³/mol. The first-order chi connectivity index (χ1) is 12.0. The Hall–Kier alpha value is -3.01. The summed E-state index contributed by atoms with van der Waals surface area (Å²) >= 11 is 0. The number of methoxy groups -OCH3 is 1. The zero-order valence-electron chi connectivity index (χ0n) is 14.6. The molecule has 0 saturated heterocycles. The van der Waals surface area contributed by atoms with E-state index in [1.165, 1.54) is 0 Å². The molecular weight excluding hydrogens is 316 g/mol. The van der Waals surface area contributed by atoms with Crippen LogP contribution in [-0.2, 0) is 0 Å². The van der Waals surface area contributed by atoms with Crippen LogP contribution >= 0.6 is 0 Å². The molecule has 0 amide bonds. The number of aryl methyl sites for hydroxylation is 1. The summed E-state index contributed by atoms with van der Waals surface area (Å²) in [6, 6.07) is 12.6. The van der Waals surface area contributed by atoms with Gasteiger partial charge in [-0.25, -0.2) is 0 Å². The van der Waals surface area contributed by atoms with Crippen LogP contribution in [0, 0.1) is 6.92 Å². The molecule has 0 aliphatic heterocycles. The van der Waals surface area contributed by atoms with Crippen LogP contribution in [0.15, 0.2) is 63.8 Å². The molecule has 0 aliphatic carbocycles. The van der Waals surface area contributed by atoms with E-state index >= 15 is 0 Å². The minimum atomic E-state index is -0.0598. The Labute approximate surface area is 146 Å². The van der Waals surface area contributed by atoms with Crippen molar-refractivity contribution in [3.05, 3.63) is 70.6 Å². The highest BCUT2D eigenvalue weighted by Gasteiger charge is 2.14. The second kappa shape index (κ2) is 6.85. The van der Waals surface area contributed by atoms with E-state index in [2.05, 4.69) is 6.58 Å². The van der Waals surface area contributed by atoms with E-state index < -0.39 is 0 Å². The Morgan fingerprint density at radius 2 is 1.80 bits per heavy atom. The van der Waals surface area contributed by atoms with Gasteiger partial charge in [0, 0.05) is 6.07 Å². The van der Waals surface area contributed by atoms with E-state index in [-0.39, 0.29) is 5.43 Å². The van der Waals surface area contributed by atoms with Crippen molar-refractivity contribution in [1.82, 2.24) is 0 Å². The molecule has 3 rings (SSSR count). The molecule has 0 spiro atoms. The molecule has 0 aliphatic rings. The summed E-state index contributed by atoms with van der Waals surface area (Å²) in [6.07, 6.45) is 0. The molecule has 4 nitrogen and oxygen atoms in total. The molecule has 2 aromatic carbocycles. The Balaban J connectivity index is 2.07. The molecule has 0 fully saturated rings. The van der Waals surface area contributed by atoms with Crippen molar-refractivity contribution in [3.63, 3.8) is 0 Å². The first-order valence-electron chi connectivity index (χ1n) is 7.98. The molecule has 0 atom stereocenters. The summed E-state index contributed by atoms with van der Waals surface area (Å²) in [7, 11) is 1.61. The molecule has 0 saturated carbocycles. The molecule has 0 radical (unpaired) electrons. The summed E-state index contributed by atoms with van der Waals surface area (Å²) < 4.78 is 16.7. The minimum absolute atomic E-state index is 0.0598. The van der Waals surface area contributed by atoms with Crippen LogP contribution in [0.2, 0.25) is 0 Å². The van der Waals surface area contributed by atoms with Crippen molar-refractivity contribution in [1.29, 1.82) is 0 Å². The quantitative estimate of drug-likeness (QED) is 0.632. The number of ether oxygens (including phenoxy) is 2. The maximum Gasteiger partial charge on any atom is 0.200 e. The van der Waals surface area contributed by atoms with Gasteiger partial charge in [0.05, 0.1) is 18.1 Å². The third-order valence-electron chi connectivity index (χ3n) is 3.90. The highest BCUT2D eigenvalue weighted by molar-refractivity contribution is 5.83. The van der Waals surface area contributed by atoms with Crippen molar-refractivity contribution < 1.29 is 13.9 Å². The van der Waals surface area contributed by atoms with Gasteiger partial charge in [-0.15, -0.1) is 0 Å². The Kier molecular flexibility index (Phi) is 4.61. The Bertz CT molecular complexity index is 981. The van der Waals surface area contributed by atoms with Gasteiger partial charge < -0.3 is 13.9 Å². The van der Waals surface area contributed by atoms with Gasteiger partial charge in [0.25, 0.3) is 0 Å². The van der Waals surface area contributed by atoms with E-state index in [9.17, 15) is 4.79 Å². The van der Waals surface area contributed by atoms with Crippen LogP contribution in [0.4, 0.5) is 0 Å². The normalized spacial score (nSPS) is 10.7. The van der Waals surface area contributed by atoms with E-state index in [1.54, 1.807) is 32.2 Å². The zero-order chi connectivity index (χ0) is 18.0. The SMILES string of the molecule is C=C(C)COc1ccc2c(=O)c(-c3ccc(OC)cc3)c(C)oc2c1. The second-order valence-electron chi connectivity index (χ2n) is 5.99. The maximum atomic E-state index is 12.9. The molecule has 0 N–H and O–H groups in total. The standard InChI is InChI=1S/C21H20O4/c1-13(2)12-24-17-9-10-18-19(11-17)25-14(3)20(21(18)22)15-5-7-16(23-4)8-6-15/h5-11H,1,12H2,2-4H3. The summed E-state index contributed by atoms with van der Waals surface area (Å²) in [5.74, 6) is 1.96. The fourth-order valence-corrected chi connectivity index (χ4v) is 2.67. The highest BCUT2D eigenvalue weighted by atomic mass is 16.5. The first-order valence-corrected chi connectivity index (χ1v) is 7.98. The molecule has 4 heteroatoms. The van der Waals surface area contributed by atoms with E-state index in [0.29, 0.717) is 34.6 Å². The van der Waals surface area contributed by atoms with Crippen molar-refractivity contribution >= 4 is 11.0 Å². The largest absolute Gasteiger partial charge is 0.497 e. The van der Waals surface area contributed by atoms with Gasteiger partial charge >= 0.3 is 0 Å². The molecule has 3 aromatic rings. The van der Waals surface area contributed by atoms with Crippen molar-refractivity contribution in [2.24, 2.45) is 0 Å². The maximum absolute atomic E-state index is 12.9. The van der Waals surface area contributed by atoms with Crippen LogP contribution in [0.5, 0.6) is 11.5 Å². The topological polar surface area (TPSA) is 48.7 Å². The number of benzene rings is 2. The van der Waals surface area contributed by atoms with Crippen molar-refractivity contribution in [2.45, 2.75) is 13.8 Å². The summed E-state index contributed by atoms with van der Waals surface area (Å²) in [5.41, 5.74) is 2.74. The Morgan fingerprint density at radius 3 is 2.44 bits per heavy atom. The van der Waals surface area contributed by atoms with E-state index in [0.717, 1.165) is 16.9 Å². The third kappa shape index (κ3) is 3.43. The number of hydrogen-bond donors (Lipinski definition) is 0. The summed E-state index contributed by atoms with van der Waals surface area (Å²) in [6.45, 7) is 7.93. The highest BCUT2D eigenvalue weighted by Crippen LogP contribution is 2.27. The van der Waals surface area contributed by atoms with Gasteiger partial charge in [0.1, 0.15) is 29.4 Å².